The maximum atomic E-state index is 12.6. The van der Waals surface area contributed by atoms with Crippen LogP contribution >= 0.6 is 11.3 Å². The summed E-state index contributed by atoms with van der Waals surface area (Å²) in [7, 11) is 0. The average Bonchev–Trinajstić information content (AvgIpc) is 3.24. The van der Waals surface area contributed by atoms with Gasteiger partial charge in [-0.25, -0.2) is 4.98 Å². The van der Waals surface area contributed by atoms with Gasteiger partial charge in [0.05, 0.1) is 10.6 Å². The maximum Gasteiger partial charge on any atom is 0.273 e. The van der Waals surface area contributed by atoms with Crippen LogP contribution in [0.2, 0.25) is 0 Å². The van der Waals surface area contributed by atoms with Crippen LogP contribution in [0.5, 0.6) is 0 Å². The molecule has 0 spiro atoms. The molecule has 1 heterocycles. The standard InChI is InChI=1S/C24H19N3O3S/c1-15-6-3-4-7-19(15)24-26-21(14-31-24)17-10-12-18(13-11-17)25-23(28)20-8-5-9-22(16(20)2)27(29)30/h3-14H,1-2H3,(H,25,28). The summed E-state index contributed by atoms with van der Waals surface area (Å²) in [5, 5.41) is 16.9. The van der Waals surface area contributed by atoms with Crippen LogP contribution in [-0.4, -0.2) is 15.8 Å². The number of aryl methyl sites for hydroxylation is 1. The van der Waals surface area contributed by atoms with Gasteiger partial charge in [-0.05, 0) is 37.6 Å². The zero-order valence-corrected chi connectivity index (χ0v) is 17.8. The first-order chi connectivity index (χ1) is 14.9. The zero-order valence-electron chi connectivity index (χ0n) is 17.0. The van der Waals surface area contributed by atoms with Gasteiger partial charge in [-0.2, -0.15) is 0 Å². The molecule has 0 atom stereocenters. The molecule has 0 fully saturated rings. The van der Waals surface area contributed by atoms with E-state index in [-0.39, 0.29) is 17.2 Å². The monoisotopic (exact) mass is 429 g/mol. The van der Waals surface area contributed by atoms with Crippen LogP contribution in [0.25, 0.3) is 21.8 Å². The van der Waals surface area contributed by atoms with Gasteiger partial charge in [-0.15, -0.1) is 11.3 Å². The first kappa shape index (κ1) is 20.4. The number of amides is 1. The van der Waals surface area contributed by atoms with E-state index in [2.05, 4.69) is 24.4 Å². The highest BCUT2D eigenvalue weighted by atomic mass is 32.1. The predicted molar refractivity (Wildman–Crippen MR) is 124 cm³/mol. The van der Waals surface area contributed by atoms with Gasteiger partial charge < -0.3 is 5.32 Å². The number of nitro benzene ring substituents is 1. The minimum atomic E-state index is -0.486. The number of carbonyl (C=O) groups is 1. The summed E-state index contributed by atoms with van der Waals surface area (Å²) in [6.07, 6.45) is 0. The minimum Gasteiger partial charge on any atom is -0.322 e. The number of anilines is 1. The smallest absolute Gasteiger partial charge is 0.273 e. The number of nitrogens with one attached hydrogen (secondary N) is 1. The van der Waals surface area contributed by atoms with Crippen molar-refractivity contribution in [1.29, 1.82) is 0 Å². The van der Waals surface area contributed by atoms with E-state index in [0.717, 1.165) is 21.8 Å². The highest BCUT2D eigenvalue weighted by Gasteiger charge is 2.18. The summed E-state index contributed by atoms with van der Waals surface area (Å²) in [5.74, 6) is -0.385. The molecule has 0 aliphatic rings. The third-order valence-electron chi connectivity index (χ3n) is 5.06. The Morgan fingerprint density at radius 3 is 2.45 bits per heavy atom. The topological polar surface area (TPSA) is 85.1 Å². The van der Waals surface area contributed by atoms with E-state index in [1.807, 2.05) is 29.6 Å². The number of thiazole rings is 1. The molecule has 6 nitrogen and oxygen atoms in total. The molecule has 1 amide bonds. The fraction of sp³-hybridized carbons (Fsp3) is 0.0833. The molecule has 4 aromatic rings. The summed E-state index contributed by atoms with van der Waals surface area (Å²) in [6.45, 7) is 3.64. The van der Waals surface area contributed by atoms with Crippen LogP contribution in [0, 0.1) is 24.0 Å². The molecule has 1 aromatic heterocycles. The Hall–Kier alpha value is -3.84. The van der Waals surface area contributed by atoms with Crippen LogP contribution in [-0.2, 0) is 0 Å². The number of rotatable bonds is 5. The normalized spacial score (nSPS) is 10.6. The highest BCUT2D eigenvalue weighted by molar-refractivity contribution is 7.13. The lowest BCUT2D eigenvalue weighted by atomic mass is 10.1. The van der Waals surface area contributed by atoms with Crippen LogP contribution in [0.1, 0.15) is 21.5 Å². The molecule has 7 heteroatoms. The van der Waals surface area contributed by atoms with E-state index in [1.165, 1.54) is 17.7 Å². The zero-order chi connectivity index (χ0) is 22.0. The van der Waals surface area contributed by atoms with Gasteiger partial charge in [0.2, 0.25) is 0 Å². The first-order valence-electron chi connectivity index (χ1n) is 9.61. The number of benzene rings is 3. The molecule has 3 aromatic carbocycles. The fourth-order valence-electron chi connectivity index (χ4n) is 3.33. The lowest BCUT2D eigenvalue weighted by molar-refractivity contribution is -0.385. The van der Waals surface area contributed by atoms with Crippen molar-refractivity contribution in [3.05, 3.63) is 98.9 Å². The molecule has 0 aliphatic heterocycles. The largest absolute Gasteiger partial charge is 0.322 e. The summed E-state index contributed by atoms with van der Waals surface area (Å²) < 4.78 is 0. The van der Waals surface area contributed by atoms with Gasteiger partial charge in [0.15, 0.2) is 0 Å². The fourth-order valence-corrected chi connectivity index (χ4v) is 4.25. The third-order valence-corrected chi connectivity index (χ3v) is 5.94. The molecular formula is C24H19N3O3S. The molecule has 0 saturated carbocycles. The van der Waals surface area contributed by atoms with Crippen molar-refractivity contribution < 1.29 is 9.72 Å². The first-order valence-corrected chi connectivity index (χ1v) is 10.5. The van der Waals surface area contributed by atoms with Crippen molar-refractivity contribution in [3.63, 3.8) is 0 Å². The molecule has 1 N–H and O–H groups in total. The van der Waals surface area contributed by atoms with Gasteiger partial charge in [-0.3, -0.25) is 14.9 Å². The van der Waals surface area contributed by atoms with Crippen molar-refractivity contribution in [2.45, 2.75) is 13.8 Å². The highest BCUT2D eigenvalue weighted by Crippen LogP contribution is 2.31. The van der Waals surface area contributed by atoms with Crippen LogP contribution < -0.4 is 5.32 Å². The molecule has 31 heavy (non-hydrogen) atoms. The SMILES string of the molecule is Cc1ccccc1-c1nc(-c2ccc(NC(=O)c3cccc([N+](=O)[O-])c3C)cc2)cs1. The van der Waals surface area contributed by atoms with E-state index in [4.69, 9.17) is 4.98 Å². The molecule has 0 bridgehead atoms. The lowest BCUT2D eigenvalue weighted by Crippen LogP contribution is -2.14. The van der Waals surface area contributed by atoms with Crippen LogP contribution in [0.3, 0.4) is 0 Å². The number of nitro groups is 1. The maximum absolute atomic E-state index is 12.6. The van der Waals surface area contributed by atoms with E-state index < -0.39 is 4.92 Å². The summed E-state index contributed by atoms with van der Waals surface area (Å²) in [6, 6.07) is 20.0. The Balaban J connectivity index is 1.52. The minimum absolute atomic E-state index is 0.0732. The molecule has 0 saturated heterocycles. The Kier molecular flexibility index (Phi) is 5.60. The third kappa shape index (κ3) is 4.22. The predicted octanol–water partition coefficient (Wildman–Crippen LogP) is 6.25. The summed E-state index contributed by atoms with van der Waals surface area (Å²) >= 11 is 1.59. The lowest BCUT2D eigenvalue weighted by Gasteiger charge is -2.08. The van der Waals surface area contributed by atoms with Crippen LogP contribution in [0.4, 0.5) is 11.4 Å². The van der Waals surface area contributed by atoms with Gasteiger partial charge in [-0.1, -0.05) is 42.5 Å². The number of nitrogens with zero attached hydrogens (tertiary/aromatic N) is 2. The summed E-state index contributed by atoms with van der Waals surface area (Å²) in [5.41, 5.74) is 5.27. The van der Waals surface area contributed by atoms with E-state index in [9.17, 15) is 14.9 Å². The average molecular weight is 430 g/mol. The molecule has 0 unspecified atom stereocenters. The van der Waals surface area contributed by atoms with Gasteiger partial charge in [0.25, 0.3) is 11.6 Å². The second-order valence-corrected chi connectivity index (χ2v) is 7.95. The van der Waals surface area contributed by atoms with Crippen molar-refractivity contribution in [1.82, 2.24) is 4.98 Å². The number of hydrogen-bond donors (Lipinski definition) is 1. The molecule has 0 radical (unpaired) electrons. The second kappa shape index (κ2) is 8.49. The van der Waals surface area contributed by atoms with Crippen molar-refractivity contribution in [3.8, 4) is 21.8 Å². The quantitative estimate of drug-likeness (QED) is 0.300. The summed E-state index contributed by atoms with van der Waals surface area (Å²) in [4.78, 5) is 28.0. The Bertz CT molecular complexity index is 1280. The van der Waals surface area contributed by atoms with E-state index >= 15 is 0 Å². The van der Waals surface area contributed by atoms with Gasteiger partial charge >= 0.3 is 0 Å². The number of hydrogen-bond acceptors (Lipinski definition) is 5. The Morgan fingerprint density at radius 2 is 1.74 bits per heavy atom. The molecule has 4 rings (SSSR count). The van der Waals surface area contributed by atoms with Crippen molar-refractivity contribution >= 4 is 28.6 Å². The van der Waals surface area contributed by atoms with Crippen molar-refractivity contribution in [2.75, 3.05) is 5.32 Å². The van der Waals surface area contributed by atoms with Gasteiger partial charge in [0.1, 0.15) is 5.01 Å². The number of carbonyl (C=O) groups excluding carboxylic acids is 1. The number of aromatic nitrogens is 1. The van der Waals surface area contributed by atoms with Gasteiger partial charge in [0, 0.05) is 39.4 Å². The van der Waals surface area contributed by atoms with Crippen LogP contribution in [0.15, 0.2) is 72.1 Å². The van der Waals surface area contributed by atoms with E-state index in [0.29, 0.717) is 11.3 Å². The Morgan fingerprint density at radius 1 is 1.00 bits per heavy atom. The molecular weight excluding hydrogens is 410 g/mol. The Labute approximate surface area is 183 Å². The molecule has 154 valence electrons. The van der Waals surface area contributed by atoms with E-state index in [1.54, 1.807) is 36.5 Å². The molecule has 0 aliphatic carbocycles. The van der Waals surface area contributed by atoms with Crippen molar-refractivity contribution in [2.24, 2.45) is 0 Å². The second-order valence-electron chi connectivity index (χ2n) is 7.09.